The van der Waals surface area contributed by atoms with Crippen LogP contribution in [0.2, 0.25) is 0 Å². The summed E-state index contributed by atoms with van der Waals surface area (Å²) in [7, 11) is 0. The van der Waals surface area contributed by atoms with Gasteiger partial charge in [-0.25, -0.2) is 9.97 Å². The molecule has 4 heterocycles. The number of anilines is 2. The van der Waals surface area contributed by atoms with Crippen molar-refractivity contribution in [3.8, 4) is 11.5 Å². The van der Waals surface area contributed by atoms with Crippen molar-refractivity contribution in [1.29, 1.82) is 0 Å². The summed E-state index contributed by atoms with van der Waals surface area (Å²) >= 11 is 2.57. The van der Waals surface area contributed by atoms with E-state index in [2.05, 4.69) is 20.6 Å². The number of amides is 2. The number of nitrogens with one attached hydrogen (secondary N) is 2. The van der Waals surface area contributed by atoms with Crippen molar-refractivity contribution in [2.45, 2.75) is 13.3 Å². The van der Waals surface area contributed by atoms with Gasteiger partial charge in [0.25, 0.3) is 5.91 Å². The Morgan fingerprint density at radius 2 is 1.84 bits per heavy atom. The van der Waals surface area contributed by atoms with Gasteiger partial charge in [-0.3, -0.25) is 14.9 Å². The molecule has 160 valence electrons. The molecule has 1 aromatic carbocycles. The molecule has 2 amide bonds. The van der Waals surface area contributed by atoms with E-state index in [0.717, 1.165) is 11.0 Å². The van der Waals surface area contributed by atoms with Gasteiger partial charge in [0.1, 0.15) is 17.0 Å². The zero-order valence-corrected chi connectivity index (χ0v) is 18.4. The summed E-state index contributed by atoms with van der Waals surface area (Å²) < 4.78 is 11.0. The summed E-state index contributed by atoms with van der Waals surface area (Å²) in [6.45, 7) is 1.71. The van der Waals surface area contributed by atoms with Crippen LogP contribution in [0.15, 0.2) is 62.3 Å². The Hall–Kier alpha value is -3.76. The quantitative estimate of drug-likeness (QED) is 0.351. The molecule has 8 nitrogen and oxygen atoms in total. The number of fused-ring (bicyclic) bond motifs is 1. The van der Waals surface area contributed by atoms with Crippen molar-refractivity contribution in [3.05, 3.63) is 70.4 Å². The predicted octanol–water partition coefficient (Wildman–Crippen LogP) is 5.35. The summed E-state index contributed by atoms with van der Waals surface area (Å²) in [5.74, 6) is 0.631. The maximum absolute atomic E-state index is 12.4. The molecule has 5 aromatic rings. The third kappa shape index (κ3) is 4.18. The number of hydrogen-bond acceptors (Lipinski definition) is 8. The first-order valence-corrected chi connectivity index (χ1v) is 11.4. The van der Waals surface area contributed by atoms with Gasteiger partial charge in [0.2, 0.25) is 5.91 Å². The second-order valence-electron chi connectivity index (χ2n) is 6.90. The summed E-state index contributed by atoms with van der Waals surface area (Å²) in [5.41, 5.74) is 2.45. The Labute approximate surface area is 189 Å². The highest BCUT2D eigenvalue weighted by Crippen LogP contribution is 2.30. The normalized spacial score (nSPS) is 11.0. The van der Waals surface area contributed by atoms with Gasteiger partial charge < -0.3 is 14.2 Å². The van der Waals surface area contributed by atoms with Crippen LogP contribution in [0.1, 0.15) is 21.8 Å². The molecule has 0 atom stereocenters. The van der Waals surface area contributed by atoms with Gasteiger partial charge in [0.05, 0.1) is 23.9 Å². The van der Waals surface area contributed by atoms with Gasteiger partial charge in [-0.05, 0) is 25.1 Å². The first kappa shape index (κ1) is 20.2. The van der Waals surface area contributed by atoms with Crippen molar-refractivity contribution in [2.75, 3.05) is 10.6 Å². The number of aromatic nitrogens is 2. The van der Waals surface area contributed by atoms with E-state index in [1.54, 1.807) is 18.4 Å². The topological polar surface area (TPSA) is 110 Å². The standard InChI is InChI=1S/C22H16N4O4S2/c1-12-15(6-7-29-12)20(28)26-21-23-14(10-31-21)9-19(27)25-22-24-16(11-32-22)18-8-13-4-2-3-5-17(13)30-18/h2-8,10-11H,9H2,1H3,(H,23,26,28)(H,24,25,27). The van der Waals surface area contributed by atoms with Crippen molar-refractivity contribution in [3.63, 3.8) is 0 Å². The number of para-hydroxylation sites is 1. The number of nitrogens with zero attached hydrogens (tertiary/aromatic N) is 2. The first-order valence-electron chi connectivity index (χ1n) is 9.59. The van der Waals surface area contributed by atoms with E-state index in [1.807, 2.05) is 35.7 Å². The average Bonchev–Trinajstić information content (AvgIpc) is 3.54. The molecule has 5 rings (SSSR count). The van der Waals surface area contributed by atoms with E-state index in [-0.39, 0.29) is 18.2 Å². The molecular weight excluding hydrogens is 448 g/mol. The fourth-order valence-corrected chi connectivity index (χ4v) is 4.53. The van der Waals surface area contributed by atoms with E-state index in [1.165, 1.54) is 28.9 Å². The van der Waals surface area contributed by atoms with E-state index >= 15 is 0 Å². The minimum absolute atomic E-state index is 0.0661. The summed E-state index contributed by atoms with van der Waals surface area (Å²) in [6, 6.07) is 11.2. The summed E-state index contributed by atoms with van der Waals surface area (Å²) in [5, 5.41) is 11.0. The Bertz CT molecular complexity index is 1400. The number of furan rings is 2. The molecule has 2 N–H and O–H groups in total. The molecule has 10 heteroatoms. The zero-order valence-electron chi connectivity index (χ0n) is 16.7. The van der Waals surface area contributed by atoms with Gasteiger partial charge in [-0.2, -0.15) is 0 Å². The highest BCUT2D eigenvalue weighted by molar-refractivity contribution is 7.14. The average molecular weight is 465 g/mol. The molecule has 0 aliphatic heterocycles. The lowest BCUT2D eigenvalue weighted by Crippen LogP contribution is -2.15. The second-order valence-corrected chi connectivity index (χ2v) is 8.62. The molecule has 0 radical (unpaired) electrons. The molecule has 32 heavy (non-hydrogen) atoms. The first-order chi connectivity index (χ1) is 15.5. The number of benzene rings is 1. The van der Waals surface area contributed by atoms with Gasteiger partial charge >= 0.3 is 0 Å². The zero-order chi connectivity index (χ0) is 22.1. The highest BCUT2D eigenvalue weighted by atomic mass is 32.1. The summed E-state index contributed by atoms with van der Waals surface area (Å²) in [6.07, 6.45) is 1.52. The Morgan fingerprint density at radius 1 is 1.03 bits per heavy atom. The van der Waals surface area contributed by atoms with Gasteiger partial charge in [0.15, 0.2) is 16.0 Å². The molecule has 0 unspecified atom stereocenters. The van der Waals surface area contributed by atoms with Crippen LogP contribution in [0, 0.1) is 6.92 Å². The van der Waals surface area contributed by atoms with Crippen LogP contribution >= 0.6 is 22.7 Å². The molecule has 0 aliphatic carbocycles. The molecule has 0 spiro atoms. The van der Waals surface area contributed by atoms with Crippen LogP contribution < -0.4 is 10.6 Å². The van der Waals surface area contributed by atoms with E-state index in [0.29, 0.717) is 38.7 Å². The predicted molar refractivity (Wildman–Crippen MR) is 123 cm³/mol. The lowest BCUT2D eigenvalue weighted by atomic mass is 10.2. The molecule has 4 aromatic heterocycles. The SMILES string of the molecule is Cc1occc1C(=O)Nc1nc(CC(=O)Nc2nc(-c3cc4ccccc4o3)cs2)cs1. The highest BCUT2D eigenvalue weighted by Gasteiger charge is 2.16. The Balaban J connectivity index is 1.20. The third-order valence-electron chi connectivity index (χ3n) is 4.65. The van der Waals surface area contributed by atoms with Crippen LogP contribution in [-0.2, 0) is 11.2 Å². The molecule has 0 saturated heterocycles. The second kappa shape index (κ2) is 8.40. The van der Waals surface area contributed by atoms with Gasteiger partial charge in [0, 0.05) is 16.1 Å². The van der Waals surface area contributed by atoms with Crippen LogP contribution in [0.25, 0.3) is 22.4 Å². The Morgan fingerprint density at radius 3 is 2.66 bits per heavy atom. The number of aryl methyl sites for hydroxylation is 1. The Kier molecular flexibility index (Phi) is 5.29. The largest absolute Gasteiger partial charge is 0.469 e. The van der Waals surface area contributed by atoms with Crippen LogP contribution in [0.3, 0.4) is 0 Å². The number of carbonyl (C=O) groups is 2. The van der Waals surface area contributed by atoms with E-state index in [4.69, 9.17) is 8.83 Å². The van der Waals surface area contributed by atoms with Crippen LogP contribution in [0.5, 0.6) is 0 Å². The van der Waals surface area contributed by atoms with Crippen molar-refractivity contribution in [1.82, 2.24) is 9.97 Å². The monoisotopic (exact) mass is 464 g/mol. The maximum Gasteiger partial charge on any atom is 0.260 e. The van der Waals surface area contributed by atoms with Crippen molar-refractivity contribution in [2.24, 2.45) is 0 Å². The van der Waals surface area contributed by atoms with Crippen LogP contribution in [-0.4, -0.2) is 21.8 Å². The number of rotatable bonds is 6. The molecule has 0 bridgehead atoms. The number of hydrogen-bond donors (Lipinski definition) is 2. The van der Waals surface area contributed by atoms with Gasteiger partial charge in [-0.15, -0.1) is 22.7 Å². The third-order valence-corrected chi connectivity index (χ3v) is 6.21. The molecule has 0 aliphatic rings. The van der Waals surface area contributed by atoms with Gasteiger partial charge in [-0.1, -0.05) is 18.2 Å². The fourth-order valence-electron chi connectivity index (χ4n) is 3.11. The lowest BCUT2D eigenvalue weighted by molar-refractivity contribution is -0.115. The van der Waals surface area contributed by atoms with Crippen LogP contribution in [0.4, 0.5) is 10.3 Å². The minimum Gasteiger partial charge on any atom is -0.469 e. The minimum atomic E-state index is -0.303. The van der Waals surface area contributed by atoms with Crippen molar-refractivity contribution >= 4 is 55.7 Å². The molecule has 0 fully saturated rings. The summed E-state index contributed by atoms with van der Waals surface area (Å²) in [4.78, 5) is 33.4. The van der Waals surface area contributed by atoms with Crippen molar-refractivity contribution < 1.29 is 18.4 Å². The molecule has 0 saturated carbocycles. The molecular formula is C22H16N4O4S2. The smallest absolute Gasteiger partial charge is 0.260 e. The lowest BCUT2D eigenvalue weighted by Gasteiger charge is -2.00. The van der Waals surface area contributed by atoms with E-state index in [9.17, 15) is 9.59 Å². The number of thiazole rings is 2. The fraction of sp³-hybridized carbons (Fsp3) is 0.0909. The maximum atomic E-state index is 12.4. The number of carbonyl (C=O) groups excluding carboxylic acids is 2. The van der Waals surface area contributed by atoms with E-state index < -0.39 is 0 Å².